The second kappa shape index (κ2) is 10.5. The zero-order chi connectivity index (χ0) is 22.3. The molecule has 32 heavy (non-hydrogen) atoms. The average molecular weight is 434 g/mol. The highest BCUT2D eigenvalue weighted by Crippen LogP contribution is 2.24. The van der Waals surface area contributed by atoms with Gasteiger partial charge in [-0.1, -0.05) is 42.5 Å². The molecule has 0 aromatic heterocycles. The number of benzene rings is 3. The Morgan fingerprint density at radius 3 is 2.34 bits per heavy atom. The van der Waals surface area contributed by atoms with Gasteiger partial charge in [-0.3, -0.25) is 9.69 Å². The van der Waals surface area contributed by atoms with Crippen LogP contribution >= 0.6 is 0 Å². The molecule has 0 aliphatic carbocycles. The van der Waals surface area contributed by atoms with Gasteiger partial charge in [-0.05, 0) is 47.6 Å². The Morgan fingerprint density at radius 1 is 0.938 bits per heavy atom. The predicted octanol–water partition coefficient (Wildman–Crippen LogP) is 3.33. The summed E-state index contributed by atoms with van der Waals surface area (Å²) in [5, 5.41) is 5.32. The number of methoxy groups -OCH3 is 1. The van der Waals surface area contributed by atoms with Crippen molar-refractivity contribution in [2.45, 2.75) is 6.04 Å². The molecule has 1 amide bonds. The van der Waals surface area contributed by atoms with Crippen molar-refractivity contribution in [1.29, 1.82) is 0 Å². The van der Waals surface area contributed by atoms with E-state index in [0.29, 0.717) is 12.3 Å². The Morgan fingerprint density at radius 2 is 1.62 bits per heavy atom. The number of piperazine rings is 1. The predicted molar refractivity (Wildman–Crippen MR) is 127 cm³/mol. The van der Waals surface area contributed by atoms with E-state index >= 15 is 0 Å². The van der Waals surface area contributed by atoms with Crippen LogP contribution in [0.5, 0.6) is 11.5 Å². The molecule has 0 unspecified atom stereocenters. The summed E-state index contributed by atoms with van der Waals surface area (Å²) in [6.45, 7) is 4.51. The highest BCUT2D eigenvalue weighted by Gasteiger charge is 2.24. The maximum atomic E-state index is 12.6. The molecule has 6 heteroatoms. The minimum absolute atomic E-state index is 0.00356. The number of fused-ring (bicyclic) bond motifs is 1. The van der Waals surface area contributed by atoms with Crippen molar-refractivity contribution in [3.63, 3.8) is 0 Å². The molecule has 3 aromatic rings. The molecule has 0 radical (unpaired) electrons. The van der Waals surface area contributed by atoms with Gasteiger partial charge in [0.15, 0.2) is 6.61 Å². The van der Waals surface area contributed by atoms with E-state index in [1.807, 2.05) is 48.5 Å². The molecule has 0 bridgehead atoms. The van der Waals surface area contributed by atoms with Crippen molar-refractivity contribution < 1.29 is 14.3 Å². The number of carbonyl (C=O) groups excluding carboxylic acids is 1. The van der Waals surface area contributed by atoms with E-state index < -0.39 is 0 Å². The van der Waals surface area contributed by atoms with E-state index in [4.69, 9.17) is 9.47 Å². The third-order valence-corrected chi connectivity index (χ3v) is 6.06. The first-order valence-corrected chi connectivity index (χ1v) is 11.1. The smallest absolute Gasteiger partial charge is 0.258 e. The van der Waals surface area contributed by atoms with Crippen molar-refractivity contribution in [2.75, 3.05) is 53.5 Å². The summed E-state index contributed by atoms with van der Waals surface area (Å²) in [7, 11) is 3.81. The fourth-order valence-electron chi connectivity index (χ4n) is 4.09. The first-order chi connectivity index (χ1) is 15.6. The fraction of sp³-hybridized carbons (Fsp3) is 0.346. The molecule has 1 aliphatic heterocycles. The summed E-state index contributed by atoms with van der Waals surface area (Å²) < 4.78 is 11.1. The van der Waals surface area contributed by atoms with Crippen LogP contribution in [0.1, 0.15) is 11.6 Å². The fourth-order valence-corrected chi connectivity index (χ4v) is 4.09. The van der Waals surface area contributed by atoms with Crippen LogP contribution in [0, 0.1) is 0 Å². The van der Waals surface area contributed by atoms with E-state index in [9.17, 15) is 4.79 Å². The van der Waals surface area contributed by atoms with Gasteiger partial charge in [-0.15, -0.1) is 0 Å². The van der Waals surface area contributed by atoms with Gasteiger partial charge in [0.25, 0.3) is 5.91 Å². The summed E-state index contributed by atoms with van der Waals surface area (Å²) >= 11 is 0. The van der Waals surface area contributed by atoms with Crippen LogP contribution in [0.3, 0.4) is 0 Å². The molecule has 1 aliphatic rings. The zero-order valence-electron chi connectivity index (χ0n) is 18.8. The molecule has 1 atom stereocenters. The van der Waals surface area contributed by atoms with Crippen molar-refractivity contribution in [3.05, 3.63) is 72.3 Å². The van der Waals surface area contributed by atoms with Crippen LogP contribution in [0.15, 0.2) is 66.7 Å². The molecule has 0 saturated carbocycles. The second-order valence-electron chi connectivity index (χ2n) is 8.23. The summed E-state index contributed by atoms with van der Waals surface area (Å²) in [4.78, 5) is 17.3. The number of hydrogen-bond donors (Lipinski definition) is 1. The lowest BCUT2D eigenvalue weighted by atomic mass is 10.0. The number of nitrogens with one attached hydrogen (secondary N) is 1. The van der Waals surface area contributed by atoms with Crippen molar-refractivity contribution in [2.24, 2.45) is 0 Å². The zero-order valence-corrected chi connectivity index (χ0v) is 18.8. The van der Waals surface area contributed by atoms with Crippen molar-refractivity contribution >= 4 is 16.7 Å². The summed E-state index contributed by atoms with van der Waals surface area (Å²) in [5.74, 6) is 1.41. The Kier molecular flexibility index (Phi) is 7.24. The van der Waals surface area contributed by atoms with Crippen LogP contribution in [0.25, 0.3) is 10.8 Å². The Labute approximate surface area is 189 Å². The van der Waals surface area contributed by atoms with Gasteiger partial charge in [0.2, 0.25) is 0 Å². The van der Waals surface area contributed by atoms with Crippen LogP contribution in [0.2, 0.25) is 0 Å². The van der Waals surface area contributed by atoms with E-state index in [1.54, 1.807) is 7.11 Å². The molecule has 1 N–H and O–H groups in total. The molecule has 1 fully saturated rings. The van der Waals surface area contributed by atoms with E-state index in [1.165, 1.54) is 5.56 Å². The number of rotatable bonds is 8. The Hall–Kier alpha value is -3.09. The summed E-state index contributed by atoms with van der Waals surface area (Å²) in [5.41, 5.74) is 1.17. The molecule has 4 rings (SSSR count). The maximum Gasteiger partial charge on any atom is 0.258 e. The molecule has 6 nitrogen and oxygen atoms in total. The molecule has 3 aromatic carbocycles. The molecule has 1 heterocycles. The number of hydrogen-bond acceptors (Lipinski definition) is 5. The topological polar surface area (TPSA) is 54.0 Å². The van der Waals surface area contributed by atoms with Crippen LogP contribution in [-0.4, -0.2) is 69.2 Å². The number of likely N-dealkylation sites (N-methyl/N-ethyl adjacent to an activating group) is 1. The maximum absolute atomic E-state index is 12.6. The third-order valence-electron chi connectivity index (χ3n) is 6.06. The van der Waals surface area contributed by atoms with Crippen molar-refractivity contribution in [1.82, 2.24) is 15.1 Å². The lowest BCUT2D eigenvalue weighted by Crippen LogP contribution is -2.48. The number of amides is 1. The van der Waals surface area contributed by atoms with Gasteiger partial charge in [-0.2, -0.15) is 0 Å². The van der Waals surface area contributed by atoms with Gasteiger partial charge < -0.3 is 19.7 Å². The number of ether oxygens (including phenoxy) is 2. The quantitative estimate of drug-likeness (QED) is 0.591. The van der Waals surface area contributed by atoms with Crippen LogP contribution in [-0.2, 0) is 4.79 Å². The van der Waals surface area contributed by atoms with Crippen LogP contribution in [0.4, 0.5) is 0 Å². The second-order valence-corrected chi connectivity index (χ2v) is 8.23. The lowest BCUT2D eigenvalue weighted by molar-refractivity contribution is -0.123. The first-order valence-electron chi connectivity index (χ1n) is 11.1. The Balaban J connectivity index is 1.37. The lowest BCUT2D eigenvalue weighted by Gasteiger charge is -2.38. The third kappa shape index (κ3) is 5.58. The minimum Gasteiger partial charge on any atom is -0.497 e. The molecule has 1 saturated heterocycles. The van der Waals surface area contributed by atoms with Gasteiger partial charge >= 0.3 is 0 Å². The highest BCUT2D eigenvalue weighted by molar-refractivity contribution is 5.84. The van der Waals surface area contributed by atoms with E-state index in [-0.39, 0.29) is 18.6 Å². The largest absolute Gasteiger partial charge is 0.497 e. The molecular weight excluding hydrogens is 402 g/mol. The SMILES string of the molecule is COc1ccc([C@H](CNC(=O)COc2ccc3ccccc3c2)N2CCN(C)CC2)cc1. The molecular formula is C26H31N3O3. The van der Waals surface area contributed by atoms with Crippen molar-refractivity contribution in [3.8, 4) is 11.5 Å². The van der Waals surface area contributed by atoms with E-state index in [2.05, 4.69) is 40.4 Å². The Bertz CT molecular complexity index is 1030. The summed E-state index contributed by atoms with van der Waals surface area (Å²) in [6, 6.07) is 22.2. The van der Waals surface area contributed by atoms with Gasteiger partial charge in [0, 0.05) is 32.7 Å². The minimum atomic E-state index is -0.120. The highest BCUT2D eigenvalue weighted by atomic mass is 16.5. The number of nitrogens with zero attached hydrogens (tertiary/aromatic N) is 2. The van der Waals surface area contributed by atoms with Gasteiger partial charge in [-0.25, -0.2) is 0 Å². The first kappa shape index (κ1) is 22.1. The van der Waals surface area contributed by atoms with Gasteiger partial charge in [0.05, 0.1) is 13.2 Å². The normalized spacial score (nSPS) is 15.9. The average Bonchev–Trinajstić information content (AvgIpc) is 2.84. The summed E-state index contributed by atoms with van der Waals surface area (Å²) in [6.07, 6.45) is 0. The molecule has 168 valence electrons. The van der Waals surface area contributed by atoms with Crippen LogP contribution < -0.4 is 14.8 Å². The molecule has 0 spiro atoms. The monoisotopic (exact) mass is 433 g/mol. The number of carbonyl (C=O) groups is 1. The van der Waals surface area contributed by atoms with E-state index in [0.717, 1.165) is 42.7 Å². The standard InChI is InChI=1S/C26H31N3O3/c1-28-13-15-29(16-14-28)25(21-8-10-23(31-2)11-9-21)18-27-26(30)19-32-24-12-7-20-5-3-4-6-22(20)17-24/h3-12,17,25H,13-16,18-19H2,1-2H3,(H,27,30)/t25-/m0/s1. The van der Waals surface area contributed by atoms with Gasteiger partial charge in [0.1, 0.15) is 11.5 Å².